The fraction of sp³-hybridized carbons (Fsp3) is 0.600. The third-order valence-electron chi connectivity index (χ3n) is 1.51. The molecule has 0 aromatic heterocycles. The molecule has 0 rings (SSSR count). The van der Waals surface area contributed by atoms with Gasteiger partial charge in [0.2, 0.25) is 0 Å². The average Bonchev–Trinajstić information content (AvgIpc) is 2.25. The van der Waals surface area contributed by atoms with Crippen molar-refractivity contribution in [3.05, 3.63) is 12.2 Å². The minimum atomic E-state index is -0.573. The zero-order chi connectivity index (χ0) is 11.5. The van der Waals surface area contributed by atoms with E-state index in [2.05, 4.69) is 17.0 Å². The van der Waals surface area contributed by atoms with E-state index < -0.39 is 11.9 Å². The molecular weight excluding hydrogens is 198 g/mol. The summed E-state index contributed by atoms with van der Waals surface area (Å²) >= 11 is 0. The normalized spacial score (nSPS) is 10.3. The van der Waals surface area contributed by atoms with Crippen LogP contribution in [0.2, 0.25) is 0 Å². The van der Waals surface area contributed by atoms with Crippen LogP contribution in [0.15, 0.2) is 12.2 Å². The van der Waals surface area contributed by atoms with E-state index in [1.54, 1.807) is 0 Å². The van der Waals surface area contributed by atoms with Gasteiger partial charge in [0, 0.05) is 18.7 Å². The maximum atomic E-state index is 11.0. The van der Waals surface area contributed by atoms with Gasteiger partial charge in [-0.1, -0.05) is 6.92 Å². The number of hydrogen-bond donors (Lipinski definition) is 1. The highest BCUT2D eigenvalue weighted by Gasteiger charge is 1.98. The summed E-state index contributed by atoms with van der Waals surface area (Å²) in [5.41, 5.74) is 0. The minimum Gasteiger partial charge on any atom is -0.466 e. The van der Waals surface area contributed by atoms with Gasteiger partial charge in [-0.3, -0.25) is 0 Å². The van der Waals surface area contributed by atoms with Crippen LogP contribution >= 0.6 is 0 Å². The van der Waals surface area contributed by atoms with E-state index in [1.807, 2.05) is 0 Å². The Balaban J connectivity index is 3.49. The molecule has 0 fully saturated rings. The molecule has 15 heavy (non-hydrogen) atoms. The van der Waals surface area contributed by atoms with Crippen molar-refractivity contribution in [2.24, 2.45) is 0 Å². The van der Waals surface area contributed by atoms with Gasteiger partial charge < -0.3 is 14.8 Å². The second kappa shape index (κ2) is 9.21. The highest BCUT2D eigenvalue weighted by Crippen LogP contribution is 1.83. The first kappa shape index (κ1) is 13.6. The van der Waals surface area contributed by atoms with Crippen LogP contribution < -0.4 is 5.32 Å². The van der Waals surface area contributed by atoms with E-state index in [0.29, 0.717) is 13.2 Å². The lowest BCUT2D eigenvalue weighted by Gasteiger charge is -2.02. The van der Waals surface area contributed by atoms with Crippen LogP contribution in [0.4, 0.5) is 0 Å². The van der Waals surface area contributed by atoms with E-state index >= 15 is 0 Å². The van der Waals surface area contributed by atoms with Crippen molar-refractivity contribution in [2.75, 3.05) is 26.8 Å². The topological polar surface area (TPSA) is 64.6 Å². The van der Waals surface area contributed by atoms with Gasteiger partial charge >= 0.3 is 11.9 Å². The fourth-order valence-electron chi connectivity index (χ4n) is 0.778. The van der Waals surface area contributed by atoms with Crippen LogP contribution in [-0.4, -0.2) is 38.7 Å². The molecule has 0 aliphatic rings. The maximum absolute atomic E-state index is 11.0. The summed E-state index contributed by atoms with van der Waals surface area (Å²) in [5.74, 6) is -1.12. The number of nitrogens with one attached hydrogen (secondary N) is 1. The van der Waals surface area contributed by atoms with Crippen molar-refractivity contribution < 1.29 is 19.1 Å². The van der Waals surface area contributed by atoms with Crippen molar-refractivity contribution in [2.45, 2.75) is 13.3 Å². The van der Waals surface area contributed by atoms with Gasteiger partial charge in [0.15, 0.2) is 0 Å². The lowest BCUT2D eigenvalue weighted by atomic mass is 10.5. The first-order chi connectivity index (χ1) is 7.20. The summed E-state index contributed by atoms with van der Waals surface area (Å²) < 4.78 is 9.10. The molecule has 0 saturated heterocycles. The molecule has 5 heteroatoms. The summed E-state index contributed by atoms with van der Waals surface area (Å²) in [6.07, 6.45) is 3.11. The first-order valence-electron chi connectivity index (χ1n) is 4.84. The molecule has 0 unspecified atom stereocenters. The number of rotatable bonds is 7. The van der Waals surface area contributed by atoms with Gasteiger partial charge in [0.1, 0.15) is 6.61 Å². The van der Waals surface area contributed by atoms with Crippen molar-refractivity contribution in [3.63, 3.8) is 0 Å². The lowest BCUT2D eigenvalue weighted by Crippen LogP contribution is -2.21. The Hall–Kier alpha value is -1.36. The van der Waals surface area contributed by atoms with Crippen LogP contribution in [0, 0.1) is 0 Å². The standard InChI is InChI=1S/C10H17NO4/c1-3-6-11-7-8-15-10(13)5-4-9(12)14-2/h4-5,11H,3,6-8H2,1-2H3. The van der Waals surface area contributed by atoms with Crippen LogP contribution in [0.5, 0.6) is 0 Å². The molecule has 0 bridgehead atoms. The molecule has 0 spiro atoms. The molecular formula is C10H17NO4. The van der Waals surface area contributed by atoms with Gasteiger partial charge in [-0.05, 0) is 13.0 Å². The van der Waals surface area contributed by atoms with E-state index in [4.69, 9.17) is 4.74 Å². The first-order valence-corrected chi connectivity index (χ1v) is 4.84. The van der Waals surface area contributed by atoms with E-state index in [9.17, 15) is 9.59 Å². The lowest BCUT2D eigenvalue weighted by molar-refractivity contribution is -0.139. The molecule has 5 nitrogen and oxygen atoms in total. The number of methoxy groups -OCH3 is 1. The Morgan fingerprint density at radius 2 is 1.87 bits per heavy atom. The molecule has 0 aromatic rings. The molecule has 0 aliphatic carbocycles. The van der Waals surface area contributed by atoms with Crippen molar-refractivity contribution in [3.8, 4) is 0 Å². The van der Waals surface area contributed by atoms with E-state index in [0.717, 1.165) is 25.1 Å². The summed E-state index contributed by atoms with van der Waals surface area (Å²) in [4.78, 5) is 21.6. The van der Waals surface area contributed by atoms with Gasteiger partial charge in [0.05, 0.1) is 7.11 Å². The fourth-order valence-corrected chi connectivity index (χ4v) is 0.778. The highest BCUT2D eigenvalue weighted by molar-refractivity contribution is 5.91. The zero-order valence-corrected chi connectivity index (χ0v) is 9.12. The molecule has 1 N–H and O–H groups in total. The van der Waals surface area contributed by atoms with Crippen LogP contribution in [0.1, 0.15) is 13.3 Å². The molecule has 86 valence electrons. The number of ether oxygens (including phenoxy) is 2. The van der Waals surface area contributed by atoms with Crippen molar-refractivity contribution in [1.29, 1.82) is 0 Å². The van der Waals surface area contributed by atoms with Gasteiger partial charge in [-0.15, -0.1) is 0 Å². The smallest absolute Gasteiger partial charge is 0.331 e. The third-order valence-corrected chi connectivity index (χ3v) is 1.51. The predicted molar refractivity (Wildman–Crippen MR) is 55.3 cm³/mol. The second-order valence-corrected chi connectivity index (χ2v) is 2.77. The quantitative estimate of drug-likeness (QED) is 0.375. The number of esters is 2. The Labute approximate surface area is 89.4 Å². The van der Waals surface area contributed by atoms with Crippen LogP contribution in [0.25, 0.3) is 0 Å². The summed E-state index contributed by atoms with van der Waals surface area (Å²) in [6, 6.07) is 0. The van der Waals surface area contributed by atoms with Gasteiger partial charge in [-0.2, -0.15) is 0 Å². The molecule has 0 aliphatic heterocycles. The summed E-state index contributed by atoms with van der Waals surface area (Å²) in [7, 11) is 1.24. The number of hydrogen-bond acceptors (Lipinski definition) is 5. The molecule has 0 heterocycles. The number of carbonyl (C=O) groups is 2. The third kappa shape index (κ3) is 8.96. The highest BCUT2D eigenvalue weighted by atomic mass is 16.5. The maximum Gasteiger partial charge on any atom is 0.331 e. The van der Waals surface area contributed by atoms with Gasteiger partial charge in [0.25, 0.3) is 0 Å². The van der Waals surface area contributed by atoms with Crippen molar-refractivity contribution in [1.82, 2.24) is 5.32 Å². The predicted octanol–water partition coefficient (Wildman–Crippen LogP) is 0.258. The summed E-state index contributed by atoms with van der Waals surface area (Å²) in [5, 5.41) is 3.07. The molecule has 0 amide bonds. The molecule has 0 saturated carbocycles. The van der Waals surface area contributed by atoms with E-state index in [-0.39, 0.29) is 0 Å². The largest absolute Gasteiger partial charge is 0.466 e. The molecule has 0 aromatic carbocycles. The van der Waals surface area contributed by atoms with Crippen LogP contribution in [0.3, 0.4) is 0 Å². The average molecular weight is 215 g/mol. The molecule has 0 radical (unpaired) electrons. The monoisotopic (exact) mass is 215 g/mol. The van der Waals surface area contributed by atoms with Gasteiger partial charge in [-0.25, -0.2) is 9.59 Å². The Kier molecular flexibility index (Phi) is 8.37. The number of carbonyl (C=O) groups excluding carboxylic acids is 2. The Morgan fingerprint density at radius 3 is 2.47 bits per heavy atom. The Bertz CT molecular complexity index is 225. The zero-order valence-electron chi connectivity index (χ0n) is 9.12. The molecule has 0 atom stereocenters. The Morgan fingerprint density at radius 1 is 1.20 bits per heavy atom. The second-order valence-electron chi connectivity index (χ2n) is 2.77. The van der Waals surface area contributed by atoms with Crippen LogP contribution in [-0.2, 0) is 19.1 Å². The minimum absolute atomic E-state index is 0.296. The summed E-state index contributed by atoms with van der Waals surface area (Å²) in [6.45, 7) is 3.86. The van der Waals surface area contributed by atoms with Crippen molar-refractivity contribution >= 4 is 11.9 Å². The SMILES string of the molecule is CCCNCCOC(=O)C=CC(=O)OC. The van der Waals surface area contributed by atoms with E-state index in [1.165, 1.54) is 7.11 Å².